The molecule has 3 aromatic rings. The fourth-order valence-corrected chi connectivity index (χ4v) is 3.23. The zero-order valence-corrected chi connectivity index (χ0v) is 14.0. The van der Waals surface area contributed by atoms with Crippen LogP contribution in [0.3, 0.4) is 0 Å². The molecule has 0 saturated carbocycles. The molecule has 130 valence electrons. The Labute approximate surface area is 141 Å². The lowest BCUT2D eigenvalue weighted by Crippen LogP contribution is -2.03. The number of aromatic nitrogens is 1. The van der Waals surface area contributed by atoms with Gasteiger partial charge in [0.15, 0.2) is 9.84 Å². The molecule has 0 aliphatic carbocycles. The van der Waals surface area contributed by atoms with Crippen LogP contribution in [0, 0.1) is 24.4 Å². The highest BCUT2D eigenvalue weighted by Gasteiger charge is 2.24. The van der Waals surface area contributed by atoms with Crippen molar-refractivity contribution in [2.24, 2.45) is 0 Å². The number of hydrogen-bond acceptors (Lipinski definition) is 4. The highest BCUT2D eigenvalue weighted by molar-refractivity contribution is 7.90. The fourth-order valence-electron chi connectivity index (χ4n) is 2.50. The van der Waals surface area contributed by atoms with Gasteiger partial charge in [0, 0.05) is 17.4 Å². The van der Waals surface area contributed by atoms with Gasteiger partial charge in [-0.2, -0.15) is 0 Å². The van der Waals surface area contributed by atoms with Crippen molar-refractivity contribution in [3.05, 3.63) is 59.6 Å². The van der Waals surface area contributed by atoms with Crippen LogP contribution in [0.25, 0.3) is 22.4 Å². The Morgan fingerprint density at radius 3 is 2.24 bits per heavy atom. The summed E-state index contributed by atoms with van der Waals surface area (Å²) < 4.78 is 69.9. The summed E-state index contributed by atoms with van der Waals surface area (Å²) >= 11 is 0. The molecule has 0 spiro atoms. The first-order valence-corrected chi connectivity index (χ1v) is 8.99. The number of halogens is 3. The third-order valence-electron chi connectivity index (χ3n) is 3.67. The summed E-state index contributed by atoms with van der Waals surface area (Å²) in [5, 5.41) is 3.83. The molecule has 0 amide bonds. The second-order valence-corrected chi connectivity index (χ2v) is 7.49. The number of nitrogens with zero attached hydrogens (tertiary/aromatic N) is 1. The van der Waals surface area contributed by atoms with E-state index in [1.165, 1.54) is 31.2 Å². The highest BCUT2D eigenvalue weighted by Crippen LogP contribution is 2.37. The Morgan fingerprint density at radius 2 is 1.64 bits per heavy atom. The van der Waals surface area contributed by atoms with Gasteiger partial charge in [0.05, 0.1) is 5.56 Å². The number of aryl methyl sites for hydroxylation is 1. The molecule has 0 aliphatic rings. The Kier molecular flexibility index (Phi) is 4.16. The van der Waals surface area contributed by atoms with E-state index >= 15 is 0 Å². The van der Waals surface area contributed by atoms with Crippen molar-refractivity contribution in [2.75, 3.05) is 6.26 Å². The van der Waals surface area contributed by atoms with E-state index in [-0.39, 0.29) is 22.6 Å². The Bertz CT molecular complexity index is 1060. The number of rotatable bonds is 3. The number of sulfone groups is 1. The van der Waals surface area contributed by atoms with Crippen LogP contribution >= 0.6 is 0 Å². The summed E-state index contributed by atoms with van der Waals surface area (Å²) in [5.74, 6) is -2.26. The molecule has 3 rings (SSSR count). The van der Waals surface area contributed by atoms with E-state index in [0.717, 1.165) is 12.3 Å². The minimum atomic E-state index is -3.91. The molecule has 0 radical (unpaired) electrons. The molecule has 0 fully saturated rings. The monoisotopic (exact) mass is 367 g/mol. The molecule has 0 atom stereocenters. The summed E-state index contributed by atoms with van der Waals surface area (Å²) in [6.07, 6.45) is 0.791. The molecule has 25 heavy (non-hydrogen) atoms. The van der Waals surface area contributed by atoms with Gasteiger partial charge < -0.3 is 4.52 Å². The van der Waals surface area contributed by atoms with Crippen LogP contribution < -0.4 is 0 Å². The van der Waals surface area contributed by atoms with Crippen molar-refractivity contribution in [3.8, 4) is 22.4 Å². The minimum Gasteiger partial charge on any atom is -0.360 e. The standard InChI is InChI=1S/C17H12F3NO3S/c1-9-16(17(21-24-9)10-3-5-11(18)6-4-10)12-7-14(20)15(8-13(12)19)25(2,22)23/h3-8H,1-2H3. The maximum absolute atomic E-state index is 14.5. The topological polar surface area (TPSA) is 60.2 Å². The normalized spacial score (nSPS) is 11.7. The van der Waals surface area contributed by atoms with E-state index in [4.69, 9.17) is 4.52 Å². The molecule has 0 aliphatic heterocycles. The van der Waals surface area contributed by atoms with Gasteiger partial charge in [-0.3, -0.25) is 0 Å². The molecule has 4 nitrogen and oxygen atoms in total. The van der Waals surface area contributed by atoms with E-state index < -0.39 is 32.2 Å². The van der Waals surface area contributed by atoms with Gasteiger partial charge in [-0.15, -0.1) is 0 Å². The average molecular weight is 367 g/mol. The van der Waals surface area contributed by atoms with Crippen molar-refractivity contribution in [3.63, 3.8) is 0 Å². The largest absolute Gasteiger partial charge is 0.360 e. The first kappa shape index (κ1) is 17.2. The Hall–Kier alpha value is -2.61. The van der Waals surface area contributed by atoms with Crippen molar-refractivity contribution < 1.29 is 26.1 Å². The average Bonchev–Trinajstić information content (AvgIpc) is 2.90. The summed E-state index contributed by atoms with van der Waals surface area (Å²) in [6.45, 7) is 1.51. The third-order valence-corrected chi connectivity index (χ3v) is 4.78. The third kappa shape index (κ3) is 3.17. The van der Waals surface area contributed by atoms with Crippen LogP contribution in [0.2, 0.25) is 0 Å². The number of benzene rings is 2. The van der Waals surface area contributed by atoms with Crippen molar-refractivity contribution in [2.45, 2.75) is 11.8 Å². The van der Waals surface area contributed by atoms with E-state index in [0.29, 0.717) is 11.6 Å². The molecule has 0 bridgehead atoms. The summed E-state index contributed by atoms with van der Waals surface area (Å²) in [7, 11) is -3.91. The first-order chi connectivity index (χ1) is 11.7. The molecule has 2 aromatic carbocycles. The highest BCUT2D eigenvalue weighted by atomic mass is 32.2. The first-order valence-electron chi connectivity index (χ1n) is 7.10. The minimum absolute atomic E-state index is 0.169. The second-order valence-electron chi connectivity index (χ2n) is 5.50. The quantitative estimate of drug-likeness (QED) is 0.698. The summed E-state index contributed by atoms with van der Waals surface area (Å²) in [5.41, 5.74) is 0.620. The smallest absolute Gasteiger partial charge is 0.178 e. The van der Waals surface area contributed by atoms with E-state index in [1.54, 1.807) is 0 Å². The van der Waals surface area contributed by atoms with Gasteiger partial charge in [-0.25, -0.2) is 21.6 Å². The van der Waals surface area contributed by atoms with Gasteiger partial charge >= 0.3 is 0 Å². The van der Waals surface area contributed by atoms with Gasteiger partial charge in [0.2, 0.25) is 0 Å². The maximum atomic E-state index is 14.5. The molecular weight excluding hydrogens is 355 g/mol. The fraction of sp³-hybridized carbons (Fsp3) is 0.118. The van der Waals surface area contributed by atoms with E-state index in [1.807, 2.05) is 0 Å². The predicted octanol–water partition coefficient (Wildman–Crippen LogP) is 4.14. The van der Waals surface area contributed by atoms with Gasteiger partial charge in [-0.1, -0.05) is 5.16 Å². The molecule has 8 heteroatoms. The van der Waals surface area contributed by atoms with E-state index in [9.17, 15) is 21.6 Å². The second kappa shape index (κ2) is 6.03. The lowest BCUT2D eigenvalue weighted by atomic mass is 9.99. The van der Waals surface area contributed by atoms with Crippen LogP contribution in [0.1, 0.15) is 5.76 Å². The lowest BCUT2D eigenvalue weighted by molar-refractivity contribution is 0.400. The van der Waals surface area contributed by atoms with Gasteiger partial charge in [-0.05, 0) is 43.3 Å². The molecule has 1 heterocycles. The SMILES string of the molecule is Cc1onc(-c2ccc(F)cc2)c1-c1cc(F)c(S(C)(=O)=O)cc1F. The maximum Gasteiger partial charge on any atom is 0.178 e. The lowest BCUT2D eigenvalue weighted by Gasteiger charge is -2.08. The van der Waals surface area contributed by atoms with Crippen LogP contribution in [0.4, 0.5) is 13.2 Å². The van der Waals surface area contributed by atoms with Crippen LogP contribution in [0.5, 0.6) is 0 Å². The Balaban J connectivity index is 2.23. The Morgan fingerprint density at radius 1 is 1.00 bits per heavy atom. The van der Waals surface area contributed by atoms with Crippen molar-refractivity contribution in [1.29, 1.82) is 0 Å². The number of hydrogen-bond donors (Lipinski definition) is 0. The van der Waals surface area contributed by atoms with E-state index in [2.05, 4.69) is 5.16 Å². The molecule has 1 aromatic heterocycles. The van der Waals surface area contributed by atoms with Gasteiger partial charge in [0.25, 0.3) is 0 Å². The van der Waals surface area contributed by atoms with Crippen LogP contribution in [-0.4, -0.2) is 19.8 Å². The molecule has 0 unspecified atom stereocenters. The predicted molar refractivity (Wildman–Crippen MR) is 85.1 cm³/mol. The molecule has 0 N–H and O–H groups in total. The van der Waals surface area contributed by atoms with Crippen molar-refractivity contribution in [1.82, 2.24) is 5.16 Å². The zero-order valence-electron chi connectivity index (χ0n) is 13.2. The summed E-state index contributed by atoms with van der Waals surface area (Å²) in [6, 6.07) is 6.67. The van der Waals surface area contributed by atoms with Crippen LogP contribution in [0.15, 0.2) is 45.8 Å². The molecular formula is C17H12F3NO3S. The van der Waals surface area contributed by atoms with Crippen molar-refractivity contribution >= 4 is 9.84 Å². The summed E-state index contributed by atoms with van der Waals surface area (Å²) in [4.78, 5) is -0.730. The zero-order chi connectivity index (χ0) is 18.4. The molecule has 0 saturated heterocycles. The van der Waals surface area contributed by atoms with Gasteiger partial charge in [0.1, 0.15) is 33.8 Å². The van der Waals surface area contributed by atoms with Crippen LogP contribution in [-0.2, 0) is 9.84 Å².